The van der Waals surface area contributed by atoms with Gasteiger partial charge in [-0.3, -0.25) is 5.32 Å². The van der Waals surface area contributed by atoms with Crippen LogP contribution < -0.4 is 10.1 Å². The third kappa shape index (κ3) is 3.00. The van der Waals surface area contributed by atoms with Crippen LogP contribution in [0.25, 0.3) is 0 Å². The monoisotopic (exact) mass is 203 g/mol. The molecule has 2 heteroatoms. The van der Waals surface area contributed by atoms with Crippen molar-refractivity contribution in [3.8, 4) is 18.1 Å². The Bertz CT molecular complexity index is 365. The second-order valence-electron chi connectivity index (χ2n) is 3.55. The van der Waals surface area contributed by atoms with Crippen molar-refractivity contribution in [3.05, 3.63) is 29.3 Å². The van der Waals surface area contributed by atoms with Gasteiger partial charge in [-0.15, -0.1) is 6.42 Å². The smallest absolute Gasteiger partial charge is 0.123 e. The van der Waals surface area contributed by atoms with Gasteiger partial charge in [0.15, 0.2) is 0 Å². The first-order chi connectivity index (χ1) is 7.19. The molecule has 1 rings (SSSR count). The summed E-state index contributed by atoms with van der Waals surface area (Å²) < 4.78 is 5.31. The van der Waals surface area contributed by atoms with Crippen molar-refractivity contribution < 1.29 is 4.74 Å². The fourth-order valence-electron chi connectivity index (χ4n) is 1.51. The lowest BCUT2D eigenvalue weighted by molar-refractivity contribution is 0.403. The molecule has 0 aliphatic rings. The predicted octanol–water partition coefficient (Wildman–Crippen LogP) is 2.29. The Balaban J connectivity index is 2.90. The molecule has 0 aliphatic carbocycles. The van der Waals surface area contributed by atoms with E-state index in [0.29, 0.717) is 6.54 Å². The Morgan fingerprint density at radius 1 is 1.53 bits per heavy atom. The molecule has 1 atom stereocenters. The minimum Gasteiger partial charge on any atom is -0.496 e. The number of ether oxygens (including phenoxy) is 1. The second-order valence-corrected chi connectivity index (χ2v) is 3.55. The lowest BCUT2D eigenvalue weighted by Crippen LogP contribution is -2.19. The highest BCUT2D eigenvalue weighted by atomic mass is 16.5. The number of benzene rings is 1. The molecule has 1 unspecified atom stereocenters. The van der Waals surface area contributed by atoms with Crippen LogP contribution in [0.1, 0.15) is 24.1 Å². The van der Waals surface area contributed by atoms with Gasteiger partial charge >= 0.3 is 0 Å². The molecular formula is C13H17NO. The summed E-state index contributed by atoms with van der Waals surface area (Å²) in [5, 5.41) is 3.23. The second kappa shape index (κ2) is 5.43. The lowest BCUT2D eigenvalue weighted by Gasteiger charge is -2.16. The lowest BCUT2D eigenvalue weighted by atomic mass is 10.0. The number of rotatable bonds is 4. The standard InChI is InChI=1S/C13H17NO/c1-5-8-14-11(3)12-9-10(2)6-7-13(12)15-4/h1,6-7,9,11,14H,8H2,2-4H3. The largest absolute Gasteiger partial charge is 0.496 e. The Hall–Kier alpha value is -1.46. The fraction of sp³-hybridized carbons (Fsp3) is 0.385. The van der Waals surface area contributed by atoms with Gasteiger partial charge in [-0.1, -0.05) is 23.6 Å². The molecule has 2 nitrogen and oxygen atoms in total. The molecule has 0 spiro atoms. The number of aryl methyl sites for hydroxylation is 1. The molecule has 1 aromatic carbocycles. The molecule has 15 heavy (non-hydrogen) atoms. The van der Waals surface area contributed by atoms with Crippen molar-refractivity contribution in [3.63, 3.8) is 0 Å². The maximum Gasteiger partial charge on any atom is 0.123 e. The summed E-state index contributed by atoms with van der Waals surface area (Å²) >= 11 is 0. The van der Waals surface area contributed by atoms with E-state index in [1.165, 1.54) is 5.56 Å². The van der Waals surface area contributed by atoms with E-state index in [9.17, 15) is 0 Å². The Morgan fingerprint density at radius 3 is 2.87 bits per heavy atom. The summed E-state index contributed by atoms with van der Waals surface area (Å²) in [5.41, 5.74) is 2.37. The Labute approximate surface area is 91.6 Å². The average molecular weight is 203 g/mol. The van der Waals surface area contributed by atoms with Gasteiger partial charge in [0.05, 0.1) is 13.7 Å². The van der Waals surface area contributed by atoms with Crippen LogP contribution in [0.4, 0.5) is 0 Å². The number of methoxy groups -OCH3 is 1. The van der Waals surface area contributed by atoms with E-state index in [1.54, 1.807) is 7.11 Å². The van der Waals surface area contributed by atoms with Crippen LogP contribution in [0.3, 0.4) is 0 Å². The number of hydrogen-bond donors (Lipinski definition) is 1. The van der Waals surface area contributed by atoms with E-state index < -0.39 is 0 Å². The number of terminal acetylenes is 1. The molecule has 0 amide bonds. The zero-order valence-electron chi connectivity index (χ0n) is 9.50. The van der Waals surface area contributed by atoms with Gasteiger partial charge in [-0.25, -0.2) is 0 Å². The molecule has 0 bridgehead atoms. The number of hydrogen-bond acceptors (Lipinski definition) is 2. The molecule has 1 aromatic rings. The molecule has 0 saturated carbocycles. The fourth-order valence-corrected chi connectivity index (χ4v) is 1.51. The van der Waals surface area contributed by atoms with Crippen LogP contribution in [0.15, 0.2) is 18.2 Å². The van der Waals surface area contributed by atoms with Crippen LogP contribution in [0.5, 0.6) is 5.75 Å². The molecule has 0 radical (unpaired) electrons. The predicted molar refractivity (Wildman–Crippen MR) is 63.0 cm³/mol. The molecule has 1 N–H and O–H groups in total. The van der Waals surface area contributed by atoms with Gasteiger partial charge in [-0.2, -0.15) is 0 Å². The zero-order valence-corrected chi connectivity index (χ0v) is 9.50. The normalized spacial score (nSPS) is 11.9. The summed E-state index contributed by atoms with van der Waals surface area (Å²) in [6, 6.07) is 6.35. The summed E-state index contributed by atoms with van der Waals surface area (Å²) in [7, 11) is 1.68. The van der Waals surface area contributed by atoms with E-state index in [4.69, 9.17) is 11.2 Å². The van der Waals surface area contributed by atoms with Gasteiger partial charge in [-0.05, 0) is 19.9 Å². The van der Waals surface area contributed by atoms with Crippen molar-refractivity contribution in [2.75, 3.05) is 13.7 Å². The SMILES string of the molecule is C#CCNC(C)c1cc(C)ccc1OC. The maximum atomic E-state index is 5.31. The third-order valence-electron chi connectivity index (χ3n) is 2.36. The third-order valence-corrected chi connectivity index (χ3v) is 2.36. The van der Waals surface area contributed by atoms with Crippen molar-refractivity contribution in [2.45, 2.75) is 19.9 Å². The van der Waals surface area contributed by atoms with E-state index in [0.717, 1.165) is 11.3 Å². The zero-order chi connectivity index (χ0) is 11.3. The van der Waals surface area contributed by atoms with Crippen LogP contribution in [-0.2, 0) is 0 Å². The summed E-state index contributed by atoms with van der Waals surface area (Å²) in [4.78, 5) is 0. The quantitative estimate of drug-likeness (QED) is 0.758. The molecule has 80 valence electrons. The van der Waals surface area contributed by atoms with Crippen LogP contribution in [0, 0.1) is 19.3 Å². The molecule has 0 aromatic heterocycles. The topological polar surface area (TPSA) is 21.3 Å². The summed E-state index contributed by atoms with van der Waals surface area (Å²) in [6.07, 6.45) is 5.21. The first-order valence-electron chi connectivity index (χ1n) is 5.00. The van der Waals surface area contributed by atoms with E-state index in [1.807, 2.05) is 12.1 Å². The summed E-state index contributed by atoms with van der Waals surface area (Å²) in [6.45, 7) is 4.71. The van der Waals surface area contributed by atoms with Gasteiger partial charge in [0.1, 0.15) is 5.75 Å². The van der Waals surface area contributed by atoms with Crippen molar-refractivity contribution in [1.29, 1.82) is 0 Å². The van der Waals surface area contributed by atoms with Crippen molar-refractivity contribution in [1.82, 2.24) is 5.32 Å². The maximum absolute atomic E-state index is 5.31. The van der Waals surface area contributed by atoms with Gasteiger partial charge in [0.25, 0.3) is 0 Å². The van der Waals surface area contributed by atoms with Gasteiger partial charge < -0.3 is 4.74 Å². The first-order valence-corrected chi connectivity index (χ1v) is 5.00. The highest BCUT2D eigenvalue weighted by Gasteiger charge is 2.10. The molecule has 0 aliphatic heterocycles. The minimum atomic E-state index is 0.205. The number of nitrogens with one attached hydrogen (secondary N) is 1. The Morgan fingerprint density at radius 2 is 2.27 bits per heavy atom. The average Bonchev–Trinajstić information content (AvgIpc) is 2.25. The van der Waals surface area contributed by atoms with Crippen LogP contribution in [-0.4, -0.2) is 13.7 Å². The van der Waals surface area contributed by atoms with E-state index in [2.05, 4.69) is 31.2 Å². The highest BCUT2D eigenvalue weighted by molar-refractivity contribution is 5.38. The first kappa shape index (κ1) is 11.6. The van der Waals surface area contributed by atoms with E-state index >= 15 is 0 Å². The van der Waals surface area contributed by atoms with Gasteiger partial charge in [0, 0.05) is 11.6 Å². The molecule has 0 heterocycles. The molecule has 0 saturated heterocycles. The minimum absolute atomic E-state index is 0.205. The molecular weight excluding hydrogens is 186 g/mol. The van der Waals surface area contributed by atoms with E-state index in [-0.39, 0.29) is 6.04 Å². The Kier molecular flexibility index (Phi) is 4.20. The molecule has 0 fully saturated rings. The van der Waals surface area contributed by atoms with Crippen molar-refractivity contribution >= 4 is 0 Å². The highest BCUT2D eigenvalue weighted by Crippen LogP contribution is 2.25. The summed E-state index contributed by atoms with van der Waals surface area (Å²) in [5.74, 6) is 3.47. The van der Waals surface area contributed by atoms with Crippen LogP contribution in [0.2, 0.25) is 0 Å². The van der Waals surface area contributed by atoms with Crippen molar-refractivity contribution in [2.24, 2.45) is 0 Å². The van der Waals surface area contributed by atoms with Gasteiger partial charge in [0.2, 0.25) is 0 Å². The van der Waals surface area contributed by atoms with Crippen LogP contribution >= 0.6 is 0 Å².